The molecular weight excluding hydrogens is 128 g/mol. The zero-order chi connectivity index (χ0) is 7.82. The Kier molecular flexibility index (Phi) is 6.29. The molecule has 1 unspecified atom stereocenters. The van der Waals surface area contributed by atoms with E-state index in [9.17, 15) is 0 Å². The van der Waals surface area contributed by atoms with Gasteiger partial charge in [0, 0.05) is 6.61 Å². The van der Waals surface area contributed by atoms with Crippen LogP contribution >= 0.6 is 0 Å². The second kappa shape index (κ2) is 6.62. The monoisotopic (exact) mass is 144 g/mol. The molecule has 0 spiro atoms. The molecule has 0 radical (unpaired) electrons. The van der Waals surface area contributed by atoms with Crippen LogP contribution in [0.5, 0.6) is 0 Å². The number of ether oxygens (including phenoxy) is 1. The number of rotatable bonds is 6. The molecule has 2 heteroatoms. The van der Waals surface area contributed by atoms with Crippen molar-refractivity contribution in [1.82, 2.24) is 0 Å². The third-order valence-electron chi connectivity index (χ3n) is 1.47. The van der Waals surface area contributed by atoms with E-state index in [0.717, 1.165) is 12.8 Å². The third-order valence-corrected chi connectivity index (χ3v) is 1.47. The Bertz CT molecular complexity index is 81.3. The summed E-state index contributed by atoms with van der Waals surface area (Å²) in [5, 5.41) is 8.53. The molecular formula is C8H16O2. The van der Waals surface area contributed by atoms with E-state index in [1.807, 2.05) is 0 Å². The highest BCUT2D eigenvalue weighted by atomic mass is 16.5. The third kappa shape index (κ3) is 5.63. The van der Waals surface area contributed by atoms with E-state index in [2.05, 4.69) is 13.5 Å². The van der Waals surface area contributed by atoms with Gasteiger partial charge in [-0.1, -0.05) is 13.5 Å². The molecule has 60 valence electrons. The minimum atomic E-state index is 0.273. The molecule has 0 rings (SSSR count). The molecule has 0 saturated heterocycles. The summed E-state index contributed by atoms with van der Waals surface area (Å²) in [6, 6.07) is 0. The van der Waals surface area contributed by atoms with Crippen LogP contribution < -0.4 is 0 Å². The summed E-state index contributed by atoms with van der Waals surface area (Å²) < 4.78 is 4.93. The summed E-state index contributed by atoms with van der Waals surface area (Å²) >= 11 is 0. The molecule has 0 fully saturated rings. The van der Waals surface area contributed by atoms with Crippen LogP contribution in [0.4, 0.5) is 0 Å². The van der Waals surface area contributed by atoms with Crippen LogP contribution in [0.15, 0.2) is 12.8 Å². The fraction of sp³-hybridized carbons (Fsp3) is 0.750. The lowest BCUT2D eigenvalue weighted by molar-refractivity contribution is 0.204. The van der Waals surface area contributed by atoms with E-state index in [1.165, 1.54) is 6.26 Å². The van der Waals surface area contributed by atoms with E-state index in [-0.39, 0.29) is 6.61 Å². The van der Waals surface area contributed by atoms with Crippen molar-refractivity contribution >= 4 is 0 Å². The van der Waals surface area contributed by atoms with Crippen LogP contribution in [0.2, 0.25) is 0 Å². The van der Waals surface area contributed by atoms with E-state index < -0.39 is 0 Å². The van der Waals surface area contributed by atoms with Gasteiger partial charge in [0.25, 0.3) is 0 Å². The highest BCUT2D eigenvalue weighted by Gasteiger charge is 1.99. The van der Waals surface area contributed by atoms with Crippen LogP contribution in [0.25, 0.3) is 0 Å². The molecule has 0 aliphatic rings. The van der Waals surface area contributed by atoms with Crippen molar-refractivity contribution in [1.29, 1.82) is 0 Å². The fourth-order valence-electron chi connectivity index (χ4n) is 0.717. The number of hydrogen-bond acceptors (Lipinski definition) is 2. The van der Waals surface area contributed by atoms with E-state index in [0.29, 0.717) is 12.5 Å². The molecule has 1 N–H and O–H groups in total. The van der Waals surface area contributed by atoms with Crippen molar-refractivity contribution in [3.05, 3.63) is 12.8 Å². The normalized spacial score (nSPS) is 12.6. The van der Waals surface area contributed by atoms with Crippen LogP contribution in [-0.4, -0.2) is 18.3 Å². The first-order valence-electron chi connectivity index (χ1n) is 3.64. The maximum Gasteiger partial charge on any atom is 0.0875 e. The smallest absolute Gasteiger partial charge is 0.0875 e. The van der Waals surface area contributed by atoms with Crippen LogP contribution in [0.3, 0.4) is 0 Å². The molecule has 0 aromatic heterocycles. The summed E-state index contributed by atoms with van der Waals surface area (Å²) in [6.45, 7) is 6.52. The predicted octanol–water partition coefficient (Wildman–Crippen LogP) is 1.56. The fourth-order valence-corrected chi connectivity index (χ4v) is 0.717. The van der Waals surface area contributed by atoms with Gasteiger partial charge in [0.05, 0.1) is 12.9 Å². The van der Waals surface area contributed by atoms with Crippen LogP contribution in [-0.2, 0) is 4.74 Å². The zero-order valence-corrected chi connectivity index (χ0v) is 6.55. The lowest BCUT2D eigenvalue weighted by Crippen LogP contribution is -2.01. The Morgan fingerprint density at radius 1 is 1.60 bits per heavy atom. The second-order valence-electron chi connectivity index (χ2n) is 2.44. The topological polar surface area (TPSA) is 29.5 Å². The maximum atomic E-state index is 8.53. The van der Waals surface area contributed by atoms with Gasteiger partial charge in [0.15, 0.2) is 0 Å². The standard InChI is InChI=1S/C8H16O2/c1-3-10-7-5-8(2)4-6-9/h3,8-9H,1,4-7H2,2H3. The van der Waals surface area contributed by atoms with Gasteiger partial charge in [-0.2, -0.15) is 0 Å². The first-order chi connectivity index (χ1) is 4.81. The Hall–Kier alpha value is -0.500. The molecule has 0 aliphatic heterocycles. The lowest BCUT2D eigenvalue weighted by Gasteiger charge is -2.07. The van der Waals surface area contributed by atoms with Crippen molar-refractivity contribution in [2.24, 2.45) is 5.92 Å². The molecule has 0 saturated carbocycles. The van der Waals surface area contributed by atoms with Crippen molar-refractivity contribution < 1.29 is 9.84 Å². The Morgan fingerprint density at radius 2 is 2.30 bits per heavy atom. The van der Waals surface area contributed by atoms with Gasteiger partial charge in [-0.25, -0.2) is 0 Å². The highest BCUT2D eigenvalue weighted by molar-refractivity contribution is 4.54. The maximum absolute atomic E-state index is 8.53. The molecule has 2 nitrogen and oxygen atoms in total. The van der Waals surface area contributed by atoms with Crippen LogP contribution in [0, 0.1) is 5.92 Å². The molecule has 10 heavy (non-hydrogen) atoms. The molecule has 0 aromatic carbocycles. The molecule has 0 aromatic rings. The van der Waals surface area contributed by atoms with Gasteiger partial charge in [-0.05, 0) is 18.8 Å². The van der Waals surface area contributed by atoms with Gasteiger partial charge in [-0.15, -0.1) is 0 Å². The Labute approximate surface area is 62.5 Å². The SMILES string of the molecule is C=COCCC(C)CCO. The molecule has 0 heterocycles. The van der Waals surface area contributed by atoms with Gasteiger partial charge < -0.3 is 9.84 Å². The zero-order valence-electron chi connectivity index (χ0n) is 6.55. The first-order valence-corrected chi connectivity index (χ1v) is 3.64. The first kappa shape index (κ1) is 9.50. The summed E-state index contributed by atoms with van der Waals surface area (Å²) in [5.41, 5.74) is 0. The van der Waals surface area contributed by atoms with Gasteiger partial charge in [0.1, 0.15) is 0 Å². The predicted molar refractivity (Wildman–Crippen MR) is 41.6 cm³/mol. The summed E-state index contributed by atoms with van der Waals surface area (Å²) in [6.07, 6.45) is 3.30. The quantitative estimate of drug-likeness (QED) is 0.453. The van der Waals surface area contributed by atoms with Crippen molar-refractivity contribution in [3.63, 3.8) is 0 Å². The average molecular weight is 144 g/mol. The van der Waals surface area contributed by atoms with Gasteiger partial charge in [0.2, 0.25) is 0 Å². The molecule has 0 amide bonds. The average Bonchev–Trinajstić information content (AvgIpc) is 1.89. The van der Waals surface area contributed by atoms with E-state index in [1.54, 1.807) is 0 Å². The lowest BCUT2D eigenvalue weighted by atomic mass is 10.1. The molecule has 1 atom stereocenters. The minimum Gasteiger partial charge on any atom is -0.502 e. The van der Waals surface area contributed by atoms with E-state index in [4.69, 9.17) is 9.84 Å². The van der Waals surface area contributed by atoms with Crippen molar-refractivity contribution in [2.75, 3.05) is 13.2 Å². The van der Waals surface area contributed by atoms with Crippen LogP contribution in [0.1, 0.15) is 19.8 Å². The largest absolute Gasteiger partial charge is 0.502 e. The summed E-state index contributed by atoms with van der Waals surface area (Å²) in [4.78, 5) is 0. The van der Waals surface area contributed by atoms with Crippen molar-refractivity contribution in [2.45, 2.75) is 19.8 Å². The Morgan fingerprint density at radius 3 is 2.80 bits per heavy atom. The van der Waals surface area contributed by atoms with Gasteiger partial charge >= 0.3 is 0 Å². The summed E-state index contributed by atoms with van der Waals surface area (Å²) in [5.74, 6) is 0.546. The van der Waals surface area contributed by atoms with Crippen molar-refractivity contribution in [3.8, 4) is 0 Å². The number of aliphatic hydroxyl groups is 1. The number of aliphatic hydroxyl groups excluding tert-OH is 1. The van der Waals surface area contributed by atoms with Gasteiger partial charge in [-0.3, -0.25) is 0 Å². The summed E-state index contributed by atoms with van der Waals surface area (Å²) in [7, 11) is 0. The molecule has 0 bridgehead atoms. The minimum absolute atomic E-state index is 0.273. The second-order valence-corrected chi connectivity index (χ2v) is 2.44. The molecule has 0 aliphatic carbocycles. The van der Waals surface area contributed by atoms with E-state index >= 15 is 0 Å². The Balaban J connectivity index is 3.04. The number of hydrogen-bond donors (Lipinski definition) is 1. The highest BCUT2D eigenvalue weighted by Crippen LogP contribution is 2.05.